The number of amides is 1. The van der Waals surface area contributed by atoms with E-state index in [2.05, 4.69) is 6.08 Å². The van der Waals surface area contributed by atoms with E-state index in [0.29, 0.717) is 12.3 Å². The van der Waals surface area contributed by atoms with Crippen LogP contribution >= 0.6 is 11.6 Å². The van der Waals surface area contributed by atoms with Crippen LogP contribution in [0.4, 0.5) is 0 Å². The van der Waals surface area contributed by atoms with Crippen LogP contribution in [0.2, 0.25) is 5.22 Å². The zero-order valence-electron chi connectivity index (χ0n) is 7.57. The highest BCUT2D eigenvalue weighted by molar-refractivity contribution is 6.29. The van der Waals surface area contributed by atoms with Gasteiger partial charge in [-0.15, -0.1) is 0 Å². The standard InChI is InChI=1S/C10H10ClNO2/c11-9-5-4-8(14-9)10(13)12-6-2-1-3-7-12/h1-2,4-5H,3,6-7H2. The lowest BCUT2D eigenvalue weighted by Gasteiger charge is -2.21. The van der Waals surface area contributed by atoms with Crippen molar-refractivity contribution in [2.45, 2.75) is 6.42 Å². The first-order valence-electron chi connectivity index (χ1n) is 4.47. The lowest BCUT2D eigenvalue weighted by atomic mass is 10.2. The van der Waals surface area contributed by atoms with Gasteiger partial charge < -0.3 is 9.32 Å². The lowest BCUT2D eigenvalue weighted by Crippen LogP contribution is -2.33. The molecule has 0 fully saturated rings. The van der Waals surface area contributed by atoms with Crippen LogP contribution in [0.25, 0.3) is 0 Å². The third-order valence-corrected chi connectivity index (χ3v) is 2.33. The van der Waals surface area contributed by atoms with Crippen LogP contribution in [-0.2, 0) is 0 Å². The SMILES string of the molecule is O=C(c1ccc(Cl)o1)N1CC=CCC1. The minimum atomic E-state index is -0.0961. The van der Waals surface area contributed by atoms with Gasteiger partial charge in [0.25, 0.3) is 5.91 Å². The summed E-state index contributed by atoms with van der Waals surface area (Å²) >= 11 is 5.59. The van der Waals surface area contributed by atoms with Crippen LogP contribution in [0.5, 0.6) is 0 Å². The van der Waals surface area contributed by atoms with Gasteiger partial charge in [0.2, 0.25) is 0 Å². The summed E-state index contributed by atoms with van der Waals surface area (Å²) in [5, 5.41) is 0.251. The molecule has 0 bridgehead atoms. The first kappa shape index (κ1) is 9.34. The molecule has 2 rings (SSSR count). The number of rotatable bonds is 1. The smallest absolute Gasteiger partial charge is 0.289 e. The Labute approximate surface area is 86.9 Å². The second-order valence-electron chi connectivity index (χ2n) is 3.12. The molecule has 0 spiro atoms. The molecule has 2 heterocycles. The first-order chi connectivity index (χ1) is 6.77. The van der Waals surface area contributed by atoms with Crippen LogP contribution < -0.4 is 0 Å². The third kappa shape index (κ3) is 1.82. The summed E-state index contributed by atoms with van der Waals surface area (Å²) in [7, 11) is 0. The Bertz CT molecular complexity index is 370. The molecule has 0 unspecified atom stereocenters. The van der Waals surface area contributed by atoms with Crippen molar-refractivity contribution >= 4 is 17.5 Å². The van der Waals surface area contributed by atoms with Crippen molar-refractivity contribution in [3.8, 4) is 0 Å². The second kappa shape index (κ2) is 3.88. The van der Waals surface area contributed by atoms with Crippen molar-refractivity contribution in [3.63, 3.8) is 0 Å². The zero-order valence-corrected chi connectivity index (χ0v) is 8.33. The van der Waals surface area contributed by atoms with Gasteiger partial charge in [-0.25, -0.2) is 0 Å². The van der Waals surface area contributed by atoms with Gasteiger partial charge in [-0.05, 0) is 30.2 Å². The summed E-state index contributed by atoms with van der Waals surface area (Å²) in [5.41, 5.74) is 0. The molecule has 0 N–H and O–H groups in total. The van der Waals surface area contributed by atoms with Crippen molar-refractivity contribution in [1.29, 1.82) is 0 Å². The van der Waals surface area contributed by atoms with Crippen LogP contribution in [0, 0.1) is 0 Å². The highest BCUT2D eigenvalue weighted by Gasteiger charge is 2.18. The number of hydrogen-bond acceptors (Lipinski definition) is 2. The maximum Gasteiger partial charge on any atom is 0.289 e. The quantitative estimate of drug-likeness (QED) is 0.668. The molecule has 0 aromatic carbocycles. The van der Waals surface area contributed by atoms with E-state index >= 15 is 0 Å². The molecular weight excluding hydrogens is 202 g/mol. The number of halogens is 1. The van der Waals surface area contributed by atoms with E-state index in [0.717, 1.165) is 13.0 Å². The van der Waals surface area contributed by atoms with Gasteiger partial charge >= 0.3 is 0 Å². The number of hydrogen-bond donors (Lipinski definition) is 0. The topological polar surface area (TPSA) is 33.5 Å². The minimum absolute atomic E-state index is 0.0961. The number of nitrogens with zero attached hydrogens (tertiary/aromatic N) is 1. The van der Waals surface area contributed by atoms with Crippen molar-refractivity contribution in [2.24, 2.45) is 0 Å². The molecule has 1 amide bonds. The second-order valence-corrected chi connectivity index (χ2v) is 3.49. The third-order valence-electron chi connectivity index (χ3n) is 2.13. The number of carbonyl (C=O) groups is 1. The molecule has 0 saturated heterocycles. The Hall–Kier alpha value is -1.22. The Balaban J connectivity index is 2.11. The van der Waals surface area contributed by atoms with E-state index in [4.69, 9.17) is 16.0 Å². The monoisotopic (exact) mass is 211 g/mol. The fourth-order valence-electron chi connectivity index (χ4n) is 1.41. The van der Waals surface area contributed by atoms with Gasteiger partial charge in [0.1, 0.15) is 0 Å². The average Bonchev–Trinajstić information content (AvgIpc) is 2.65. The van der Waals surface area contributed by atoms with Crippen molar-refractivity contribution in [3.05, 3.63) is 35.3 Å². The lowest BCUT2D eigenvalue weighted by molar-refractivity contribution is 0.0739. The van der Waals surface area contributed by atoms with Gasteiger partial charge in [-0.1, -0.05) is 12.2 Å². The molecule has 3 nitrogen and oxygen atoms in total. The van der Waals surface area contributed by atoms with E-state index < -0.39 is 0 Å². The molecule has 1 aromatic rings. The van der Waals surface area contributed by atoms with Gasteiger partial charge in [-0.2, -0.15) is 0 Å². The summed E-state index contributed by atoms with van der Waals surface area (Å²) in [6.45, 7) is 1.39. The highest BCUT2D eigenvalue weighted by atomic mass is 35.5. The molecule has 4 heteroatoms. The molecule has 0 radical (unpaired) electrons. The Morgan fingerprint density at radius 2 is 2.29 bits per heavy atom. The van der Waals surface area contributed by atoms with Crippen LogP contribution in [0.3, 0.4) is 0 Å². The van der Waals surface area contributed by atoms with Crippen molar-refractivity contribution in [1.82, 2.24) is 4.90 Å². The zero-order chi connectivity index (χ0) is 9.97. The summed E-state index contributed by atoms with van der Waals surface area (Å²) in [5.74, 6) is 0.214. The van der Waals surface area contributed by atoms with Gasteiger partial charge in [0, 0.05) is 13.1 Å². The van der Waals surface area contributed by atoms with Gasteiger partial charge in [0.15, 0.2) is 11.0 Å². The largest absolute Gasteiger partial charge is 0.440 e. The maximum atomic E-state index is 11.8. The van der Waals surface area contributed by atoms with E-state index in [9.17, 15) is 4.79 Å². The Morgan fingerprint density at radius 1 is 1.43 bits per heavy atom. The molecule has 0 saturated carbocycles. The highest BCUT2D eigenvalue weighted by Crippen LogP contribution is 2.16. The van der Waals surface area contributed by atoms with Crippen LogP contribution in [0.1, 0.15) is 17.0 Å². The summed E-state index contributed by atoms with van der Waals surface area (Å²) < 4.78 is 5.05. The Kier molecular flexibility index (Phi) is 2.59. The predicted molar refractivity (Wildman–Crippen MR) is 53.4 cm³/mol. The van der Waals surface area contributed by atoms with Crippen LogP contribution in [-0.4, -0.2) is 23.9 Å². The van der Waals surface area contributed by atoms with E-state index in [1.165, 1.54) is 0 Å². The average molecular weight is 212 g/mol. The molecule has 14 heavy (non-hydrogen) atoms. The van der Waals surface area contributed by atoms with Gasteiger partial charge in [0.05, 0.1) is 0 Å². The van der Waals surface area contributed by atoms with Crippen molar-refractivity contribution < 1.29 is 9.21 Å². The summed E-state index contributed by atoms with van der Waals surface area (Å²) in [6, 6.07) is 3.18. The molecule has 0 aliphatic carbocycles. The number of furan rings is 1. The maximum absolute atomic E-state index is 11.8. The van der Waals surface area contributed by atoms with E-state index in [1.54, 1.807) is 17.0 Å². The van der Waals surface area contributed by atoms with Gasteiger partial charge in [-0.3, -0.25) is 4.79 Å². The fourth-order valence-corrected chi connectivity index (χ4v) is 1.56. The molecule has 74 valence electrons. The summed E-state index contributed by atoms with van der Waals surface area (Å²) in [4.78, 5) is 13.5. The number of carbonyl (C=O) groups excluding carboxylic acids is 1. The van der Waals surface area contributed by atoms with E-state index in [-0.39, 0.29) is 11.1 Å². The van der Waals surface area contributed by atoms with Crippen LogP contribution in [0.15, 0.2) is 28.7 Å². The van der Waals surface area contributed by atoms with Crippen molar-refractivity contribution in [2.75, 3.05) is 13.1 Å². The minimum Gasteiger partial charge on any atom is -0.440 e. The van der Waals surface area contributed by atoms with E-state index in [1.807, 2.05) is 6.08 Å². The molecule has 0 atom stereocenters. The fraction of sp³-hybridized carbons (Fsp3) is 0.300. The molecule has 1 aliphatic rings. The normalized spacial score (nSPS) is 15.9. The molecule has 1 aromatic heterocycles. The predicted octanol–water partition coefficient (Wildman–Crippen LogP) is 2.34. The first-order valence-corrected chi connectivity index (χ1v) is 4.85. The molecular formula is C10H10ClNO2. The Morgan fingerprint density at radius 3 is 2.86 bits per heavy atom. The molecule has 1 aliphatic heterocycles. The summed E-state index contributed by atoms with van der Waals surface area (Å²) in [6.07, 6.45) is 4.95.